The van der Waals surface area contributed by atoms with E-state index in [9.17, 15) is 14.4 Å². The zero-order valence-electron chi connectivity index (χ0n) is 17.1. The molecule has 2 aromatic carbocycles. The van der Waals surface area contributed by atoms with Crippen LogP contribution in [0.5, 0.6) is 5.75 Å². The number of amides is 3. The van der Waals surface area contributed by atoms with Crippen LogP contribution in [0, 0.1) is 21.0 Å². The minimum atomic E-state index is -0.484. The number of rotatable bonds is 6. The fourth-order valence-electron chi connectivity index (χ4n) is 2.97. The molecule has 31 heavy (non-hydrogen) atoms. The lowest BCUT2D eigenvalue weighted by Gasteiger charge is -2.14. The summed E-state index contributed by atoms with van der Waals surface area (Å²) in [7, 11) is 0. The molecule has 1 aliphatic heterocycles. The number of carbonyl (C=O) groups excluding carboxylic acids is 3. The Labute approximate surface area is 212 Å². The van der Waals surface area contributed by atoms with E-state index in [4.69, 9.17) is 4.74 Å². The van der Waals surface area contributed by atoms with Crippen molar-refractivity contribution in [2.24, 2.45) is 0 Å². The number of aryl methyl sites for hydroxylation is 2. The predicted octanol–water partition coefficient (Wildman–Crippen LogP) is 5.59. The molecule has 0 atom stereocenters. The number of halogens is 2. The molecule has 1 fully saturated rings. The van der Waals surface area contributed by atoms with Crippen LogP contribution in [-0.4, -0.2) is 35.1 Å². The normalized spacial score (nSPS) is 15.0. The van der Waals surface area contributed by atoms with E-state index in [0.717, 1.165) is 40.5 Å². The first-order valence-electron chi connectivity index (χ1n) is 9.44. The van der Waals surface area contributed by atoms with Crippen LogP contribution in [0.3, 0.4) is 0 Å². The van der Waals surface area contributed by atoms with Gasteiger partial charge in [-0.25, -0.2) is 0 Å². The molecular weight excluding hydrogens is 642 g/mol. The van der Waals surface area contributed by atoms with E-state index in [1.165, 1.54) is 0 Å². The van der Waals surface area contributed by atoms with Crippen LogP contribution in [0.25, 0.3) is 6.08 Å². The van der Waals surface area contributed by atoms with Crippen LogP contribution in [-0.2, 0) is 9.59 Å². The maximum atomic E-state index is 12.9. The van der Waals surface area contributed by atoms with E-state index in [-0.39, 0.29) is 11.4 Å². The highest BCUT2D eigenvalue weighted by Crippen LogP contribution is 2.36. The fraction of sp³-hybridized carbons (Fsp3) is 0.227. The van der Waals surface area contributed by atoms with Gasteiger partial charge in [0.25, 0.3) is 11.1 Å². The molecule has 0 spiro atoms. The van der Waals surface area contributed by atoms with Gasteiger partial charge in [0.1, 0.15) is 12.3 Å². The zero-order chi connectivity index (χ0) is 22.7. The topological polar surface area (TPSA) is 75.7 Å². The number of hydrogen-bond donors (Lipinski definition) is 1. The quantitative estimate of drug-likeness (QED) is 0.323. The fourth-order valence-corrected chi connectivity index (χ4v) is 5.84. The summed E-state index contributed by atoms with van der Waals surface area (Å²) in [5.41, 5.74) is 3.31. The van der Waals surface area contributed by atoms with Crippen molar-refractivity contribution in [2.75, 3.05) is 18.5 Å². The Balaban J connectivity index is 1.80. The predicted molar refractivity (Wildman–Crippen MR) is 140 cm³/mol. The summed E-state index contributed by atoms with van der Waals surface area (Å²) >= 11 is 5.21. The lowest BCUT2D eigenvalue weighted by Crippen LogP contribution is -2.36. The van der Waals surface area contributed by atoms with Crippen molar-refractivity contribution < 1.29 is 19.1 Å². The second-order valence-corrected chi connectivity index (χ2v) is 10.3. The van der Waals surface area contributed by atoms with Gasteiger partial charge in [-0.2, -0.15) is 0 Å². The highest BCUT2D eigenvalue weighted by molar-refractivity contribution is 14.1. The van der Waals surface area contributed by atoms with Gasteiger partial charge >= 0.3 is 0 Å². The van der Waals surface area contributed by atoms with Crippen LogP contribution < -0.4 is 10.1 Å². The SMILES string of the molecule is CCOc1c(I)cc(I)cc1/C=C1/SC(=O)N(CC(=O)Nc2cc(C)ccc2C)C1=O. The molecule has 0 radical (unpaired) electrons. The van der Waals surface area contributed by atoms with Gasteiger partial charge in [0, 0.05) is 14.8 Å². The van der Waals surface area contributed by atoms with Gasteiger partial charge in [0.15, 0.2) is 0 Å². The zero-order valence-corrected chi connectivity index (χ0v) is 22.3. The molecule has 1 aliphatic rings. The first-order valence-corrected chi connectivity index (χ1v) is 12.4. The van der Waals surface area contributed by atoms with Crippen molar-refractivity contribution in [3.05, 3.63) is 59.1 Å². The molecule has 0 saturated carbocycles. The first-order chi connectivity index (χ1) is 14.7. The molecule has 0 aliphatic carbocycles. The van der Waals surface area contributed by atoms with Crippen molar-refractivity contribution in [1.82, 2.24) is 4.90 Å². The van der Waals surface area contributed by atoms with Crippen LogP contribution in [0.4, 0.5) is 10.5 Å². The largest absolute Gasteiger partial charge is 0.492 e. The Morgan fingerprint density at radius 3 is 2.65 bits per heavy atom. The molecule has 162 valence electrons. The Bertz CT molecular complexity index is 1100. The molecular formula is C22H20I2N2O4S. The van der Waals surface area contributed by atoms with Gasteiger partial charge in [-0.05, 0) is 113 Å². The number of nitrogens with zero attached hydrogens (tertiary/aromatic N) is 1. The third kappa shape index (κ3) is 5.80. The smallest absolute Gasteiger partial charge is 0.294 e. The second kappa shape index (κ2) is 10.3. The molecule has 3 amide bonds. The highest BCUT2D eigenvalue weighted by Gasteiger charge is 2.36. The average Bonchev–Trinajstić information content (AvgIpc) is 2.94. The number of ether oxygens (including phenoxy) is 1. The third-order valence-electron chi connectivity index (χ3n) is 4.45. The molecule has 0 unspecified atom stereocenters. The maximum Gasteiger partial charge on any atom is 0.294 e. The third-order valence-corrected chi connectivity index (χ3v) is 6.79. The molecule has 9 heteroatoms. The Hall–Kier alpha value is -1.60. The van der Waals surface area contributed by atoms with E-state index in [1.807, 2.05) is 51.1 Å². The lowest BCUT2D eigenvalue weighted by molar-refractivity contribution is -0.127. The molecule has 1 heterocycles. The summed E-state index contributed by atoms with van der Waals surface area (Å²) in [4.78, 5) is 39.1. The summed E-state index contributed by atoms with van der Waals surface area (Å²) in [6.45, 7) is 5.85. The molecule has 0 bridgehead atoms. The Morgan fingerprint density at radius 1 is 1.19 bits per heavy atom. The molecule has 1 saturated heterocycles. The standard InChI is InChI=1S/C22H20I2N2O4S/c1-4-30-20-14(8-15(23)10-16(20)24)9-18-21(28)26(22(29)31-18)11-19(27)25-17-7-12(2)5-6-13(17)3/h5-10H,4,11H2,1-3H3,(H,25,27)/b18-9+. The summed E-state index contributed by atoms with van der Waals surface area (Å²) in [5, 5.41) is 2.32. The van der Waals surface area contributed by atoms with Crippen molar-refractivity contribution in [2.45, 2.75) is 20.8 Å². The number of hydrogen-bond acceptors (Lipinski definition) is 5. The summed E-state index contributed by atoms with van der Waals surface area (Å²) in [5.74, 6) is -0.235. The number of carbonyl (C=O) groups is 3. The van der Waals surface area contributed by atoms with Crippen molar-refractivity contribution in [1.29, 1.82) is 0 Å². The lowest BCUT2D eigenvalue weighted by atomic mass is 10.1. The Kier molecular flexibility index (Phi) is 8.03. The molecule has 1 N–H and O–H groups in total. The number of thioether (sulfide) groups is 1. The van der Waals surface area contributed by atoms with Gasteiger partial charge in [0.05, 0.1) is 15.1 Å². The van der Waals surface area contributed by atoms with E-state index in [0.29, 0.717) is 18.0 Å². The van der Waals surface area contributed by atoms with Gasteiger partial charge < -0.3 is 10.1 Å². The minimum absolute atomic E-state index is 0.267. The van der Waals surface area contributed by atoms with Gasteiger partial charge in [-0.15, -0.1) is 0 Å². The van der Waals surface area contributed by atoms with Crippen LogP contribution in [0.2, 0.25) is 0 Å². The van der Waals surface area contributed by atoms with Crippen LogP contribution in [0.15, 0.2) is 35.2 Å². The summed E-state index contributed by atoms with van der Waals surface area (Å²) in [6.07, 6.45) is 1.66. The first kappa shape index (κ1) is 24.1. The molecule has 2 aromatic rings. The van der Waals surface area contributed by atoms with Crippen molar-refractivity contribution in [3.63, 3.8) is 0 Å². The molecule has 6 nitrogen and oxygen atoms in total. The van der Waals surface area contributed by atoms with Crippen LogP contribution in [0.1, 0.15) is 23.6 Å². The second-order valence-electron chi connectivity index (χ2n) is 6.87. The van der Waals surface area contributed by atoms with E-state index >= 15 is 0 Å². The monoisotopic (exact) mass is 662 g/mol. The average molecular weight is 662 g/mol. The van der Waals surface area contributed by atoms with Gasteiger partial charge in [-0.1, -0.05) is 12.1 Å². The molecule has 3 rings (SSSR count). The van der Waals surface area contributed by atoms with E-state index in [1.54, 1.807) is 6.08 Å². The number of nitrogens with one attached hydrogen (secondary N) is 1. The van der Waals surface area contributed by atoms with E-state index < -0.39 is 17.1 Å². The summed E-state index contributed by atoms with van der Waals surface area (Å²) < 4.78 is 7.65. The van der Waals surface area contributed by atoms with Crippen molar-refractivity contribution in [3.8, 4) is 5.75 Å². The van der Waals surface area contributed by atoms with Gasteiger partial charge in [-0.3, -0.25) is 19.3 Å². The van der Waals surface area contributed by atoms with Crippen molar-refractivity contribution >= 4 is 85.8 Å². The highest BCUT2D eigenvalue weighted by atomic mass is 127. The summed E-state index contributed by atoms with van der Waals surface area (Å²) in [6, 6.07) is 9.59. The number of benzene rings is 2. The van der Waals surface area contributed by atoms with Gasteiger partial charge in [0.2, 0.25) is 5.91 Å². The van der Waals surface area contributed by atoms with Crippen LogP contribution >= 0.6 is 56.9 Å². The Morgan fingerprint density at radius 2 is 1.94 bits per heavy atom. The number of imide groups is 1. The maximum absolute atomic E-state index is 12.9. The molecule has 0 aromatic heterocycles. The van der Waals surface area contributed by atoms with E-state index in [2.05, 4.69) is 50.5 Å². The minimum Gasteiger partial charge on any atom is -0.492 e. The number of anilines is 1.